The van der Waals surface area contributed by atoms with E-state index in [0.717, 1.165) is 15.2 Å². The van der Waals surface area contributed by atoms with Crippen molar-refractivity contribution in [3.05, 3.63) is 57.0 Å². The summed E-state index contributed by atoms with van der Waals surface area (Å²) in [6.07, 6.45) is 5.82. The molecule has 0 aromatic carbocycles. The molecule has 0 bridgehead atoms. The monoisotopic (exact) mass is 443 g/mol. The number of aliphatic hydroxyl groups excluding tert-OH is 1. The number of aromatic nitrogens is 2. The van der Waals surface area contributed by atoms with E-state index >= 15 is 0 Å². The highest BCUT2D eigenvalue weighted by Gasteiger charge is 2.19. The van der Waals surface area contributed by atoms with Crippen LogP contribution in [0.15, 0.2) is 45.9 Å². The molecule has 0 fully saturated rings. The lowest BCUT2D eigenvalue weighted by molar-refractivity contribution is -0.137. The Morgan fingerprint density at radius 2 is 1.70 bits per heavy atom. The van der Waals surface area contributed by atoms with Crippen molar-refractivity contribution in [2.24, 2.45) is 0 Å². The predicted octanol–water partition coefficient (Wildman–Crippen LogP) is 2.62. The Balaban J connectivity index is 0.000000253. The smallest absolute Gasteiger partial charge is 0.255 e. The van der Waals surface area contributed by atoms with Crippen molar-refractivity contribution in [3.63, 3.8) is 0 Å². The molecule has 2 aromatic heterocycles. The maximum absolute atomic E-state index is 11.4. The molecular formula is C15H15Br2N3O3. The van der Waals surface area contributed by atoms with Crippen molar-refractivity contribution in [2.45, 2.75) is 6.10 Å². The molecule has 1 amide bonds. The lowest BCUT2D eigenvalue weighted by Crippen LogP contribution is -2.28. The van der Waals surface area contributed by atoms with Gasteiger partial charge >= 0.3 is 0 Å². The van der Waals surface area contributed by atoms with Crippen LogP contribution in [0.25, 0.3) is 0 Å². The van der Waals surface area contributed by atoms with Crippen molar-refractivity contribution in [1.82, 2.24) is 14.9 Å². The first-order valence-electron chi connectivity index (χ1n) is 6.40. The maximum atomic E-state index is 11.4. The fourth-order valence-corrected chi connectivity index (χ4v) is 2.22. The molecule has 2 aromatic rings. The Labute approximate surface area is 150 Å². The van der Waals surface area contributed by atoms with Gasteiger partial charge in [-0.05, 0) is 44.0 Å². The molecule has 1 unspecified atom stereocenters. The number of amides is 1. The number of aldehydes is 1. The summed E-state index contributed by atoms with van der Waals surface area (Å²) in [7, 11) is 3.19. The van der Waals surface area contributed by atoms with E-state index in [1.165, 1.54) is 17.3 Å². The molecule has 0 spiro atoms. The minimum atomic E-state index is -1.14. The Hall–Kier alpha value is -1.64. The summed E-state index contributed by atoms with van der Waals surface area (Å²) < 4.78 is 1.56. The average Bonchev–Trinajstić information content (AvgIpc) is 2.54. The van der Waals surface area contributed by atoms with Gasteiger partial charge in [0, 0.05) is 59.0 Å². The molecule has 8 heteroatoms. The van der Waals surface area contributed by atoms with E-state index in [9.17, 15) is 14.7 Å². The lowest BCUT2D eigenvalue weighted by atomic mass is 10.1. The van der Waals surface area contributed by atoms with Crippen LogP contribution in [0.2, 0.25) is 0 Å². The molecule has 0 aliphatic heterocycles. The van der Waals surface area contributed by atoms with Crippen LogP contribution >= 0.6 is 31.9 Å². The summed E-state index contributed by atoms with van der Waals surface area (Å²) in [6, 6.07) is 3.37. The fourth-order valence-electron chi connectivity index (χ4n) is 1.46. The van der Waals surface area contributed by atoms with Crippen molar-refractivity contribution in [3.8, 4) is 0 Å². The van der Waals surface area contributed by atoms with Crippen molar-refractivity contribution in [1.29, 1.82) is 0 Å². The van der Waals surface area contributed by atoms with Crippen molar-refractivity contribution < 1.29 is 14.7 Å². The number of halogens is 2. The van der Waals surface area contributed by atoms with Crippen LogP contribution in [-0.2, 0) is 4.79 Å². The Kier molecular flexibility index (Phi) is 8.01. The van der Waals surface area contributed by atoms with E-state index in [0.29, 0.717) is 11.1 Å². The highest BCUT2D eigenvalue weighted by Crippen LogP contribution is 2.17. The Bertz CT molecular complexity index is 681. The molecule has 0 aliphatic rings. The molecule has 1 atom stereocenters. The summed E-state index contributed by atoms with van der Waals surface area (Å²) in [4.78, 5) is 30.5. The number of aliphatic hydroxyl groups is 1. The molecule has 23 heavy (non-hydrogen) atoms. The van der Waals surface area contributed by atoms with Gasteiger partial charge < -0.3 is 10.0 Å². The minimum Gasteiger partial charge on any atom is -0.378 e. The van der Waals surface area contributed by atoms with Gasteiger partial charge in [0.15, 0.2) is 12.4 Å². The first kappa shape index (κ1) is 19.4. The standard InChI is InChI=1S/C9H11BrN2O2.C6H4BrNO/c1-12(2)9(14)8(13)6-3-7(10)5-11-4-6;7-6-1-5(4-9)2-8-3-6/h3-5,8,13H,1-2H3;1-4H. The minimum absolute atomic E-state index is 0.357. The van der Waals surface area contributed by atoms with Crippen molar-refractivity contribution >= 4 is 44.1 Å². The second-order valence-corrected chi connectivity index (χ2v) is 6.46. The number of carbonyl (C=O) groups is 2. The van der Waals surface area contributed by atoms with E-state index < -0.39 is 6.10 Å². The van der Waals surface area contributed by atoms with Crippen LogP contribution < -0.4 is 0 Å². The third-order valence-electron chi connectivity index (χ3n) is 2.58. The number of pyridine rings is 2. The largest absolute Gasteiger partial charge is 0.378 e. The molecule has 2 heterocycles. The van der Waals surface area contributed by atoms with Crippen LogP contribution in [0.4, 0.5) is 0 Å². The second kappa shape index (κ2) is 9.49. The maximum Gasteiger partial charge on any atom is 0.255 e. The highest BCUT2D eigenvalue weighted by atomic mass is 79.9. The Morgan fingerprint density at radius 1 is 1.13 bits per heavy atom. The molecule has 0 aliphatic carbocycles. The topological polar surface area (TPSA) is 83.4 Å². The van der Waals surface area contributed by atoms with Crippen LogP contribution in [0, 0.1) is 0 Å². The first-order chi connectivity index (χ1) is 10.8. The molecule has 6 nitrogen and oxygen atoms in total. The molecular weight excluding hydrogens is 430 g/mol. The van der Waals surface area contributed by atoms with Gasteiger partial charge in [0.1, 0.15) is 0 Å². The van der Waals surface area contributed by atoms with Crippen LogP contribution in [-0.4, -0.2) is 46.3 Å². The van der Waals surface area contributed by atoms with Gasteiger partial charge in [0.25, 0.3) is 5.91 Å². The van der Waals surface area contributed by atoms with Gasteiger partial charge in [-0.2, -0.15) is 0 Å². The van der Waals surface area contributed by atoms with E-state index in [1.807, 2.05) is 0 Å². The number of nitrogens with zero attached hydrogens (tertiary/aromatic N) is 3. The van der Waals surface area contributed by atoms with Gasteiger partial charge in [-0.1, -0.05) is 0 Å². The van der Waals surface area contributed by atoms with E-state index in [1.54, 1.807) is 38.6 Å². The molecule has 122 valence electrons. The molecule has 0 radical (unpaired) electrons. The lowest BCUT2D eigenvalue weighted by Gasteiger charge is -2.15. The average molecular weight is 445 g/mol. The number of carbonyl (C=O) groups excluding carboxylic acids is 2. The summed E-state index contributed by atoms with van der Waals surface area (Å²) in [5.41, 5.74) is 1.07. The van der Waals surface area contributed by atoms with E-state index in [4.69, 9.17) is 0 Å². The van der Waals surface area contributed by atoms with Gasteiger partial charge in [-0.15, -0.1) is 0 Å². The molecule has 2 rings (SSSR count). The second-order valence-electron chi connectivity index (χ2n) is 4.63. The normalized spacial score (nSPS) is 11.0. The molecule has 0 saturated carbocycles. The fraction of sp³-hybridized carbons (Fsp3) is 0.200. The number of rotatable bonds is 3. The number of hydrogen-bond acceptors (Lipinski definition) is 5. The predicted molar refractivity (Wildman–Crippen MR) is 92.9 cm³/mol. The first-order valence-corrected chi connectivity index (χ1v) is 7.99. The summed E-state index contributed by atoms with van der Waals surface area (Å²) in [5, 5.41) is 9.63. The number of likely N-dealkylation sites (N-methyl/N-ethyl adjacent to an activating group) is 1. The van der Waals surface area contributed by atoms with E-state index in [2.05, 4.69) is 41.8 Å². The molecule has 1 N–H and O–H groups in total. The highest BCUT2D eigenvalue weighted by molar-refractivity contribution is 9.10. The third-order valence-corrected chi connectivity index (χ3v) is 3.45. The van der Waals surface area contributed by atoms with E-state index in [-0.39, 0.29) is 5.91 Å². The summed E-state index contributed by atoms with van der Waals surface area (Å²) >= 11 is 6.40. The van der Waals surface area contributed by atoms with Gasteiger partial charge in [-0.3, -0.25) is 19.6 Å². The van der Waals surface area contributed by atoms with Gasteiger partial charge in [-0.25, -0.2) is 0 Å². The van der Waals surface area contributed by atoms with Crippen molar-refractivity contribution in [2.75, 3.05) is 14.1 Å². The zero-order valence-electron chi connectivity index (χ0n) is 12.5. The van der Waals surface area contributed by atoms with Crippen LogP contribution in [0.5, 0.6) is 0 Å². The third kappa shape index (κ3) is 6.55. The quantitative estimate of drug-likeness (QED) is 0.735. The summed E-state index contributed by atoms with van der Waals surface area (Å²) in [6.45, 7) is 0. The molecule has 0 saturated heterocycles. The zero-order valence-corrected chi connectivity index (χ0v) is 15.7. The van der Waals surface area contributed by atoms with Gasteiger partial charge in [0.2, 0.25) is 0 Å². The Morgan fingerprint density at radius 3 is 2.13 bits per heavy atom. The van der Waals surface area contributed by atoms with Gasteiger partial charge in [0.05, 0.1) is 0 Å². The SMILES string of the molecule is CN(C)C(=O)C(O)c1cncc(Br)c1.O=Cc1cncc(Br)c1. The van der Waals surface area contributed by atoms with Crippen LogP contribution in [0.1, 0.15) is 22.0 Å². The van der Waals surface area contributed by atoms with Crippen LogP contribution in [0.3, 0.4) is 0 Å². The summed E-state index contributed by atoms with van der Waals surface area (Å²) in [5.74, 6) is -0.357. The number of hydrogen-bond donors (Lipinski definition) is 1. The zero-order chi connectivity index (χ0) is 17.4.